The molecular formula is C23H27N3O4S. The number of nitrogens with zero attached hydrogens (tertiary/aromatic N) is 1. The van der Waals surface area contributed by atoms with Crippen LogP contribution < -0.4 is 14.9 Å². The first-order chi connectivity index (χ1) is 14.8. The zero-order valence-corrected chi connectivity index (χ0v) is 18.4. The standard InChI is InChI=1S/C23H27N3O4S/c1-16-2-4-17(5-3-16)15-24-22(27)10-12-25-31(29,30)20-8-9-21-19(14-20)11-13-26(21)23(28)18-6-7-18/h2-5,8-9,14,18,25H,6-7,10-13,15H2,1H3,(H,24,27). The van der Waals surface area contributed by atoms with Crippen LogP contribution in [0.2, 0.25) is 0 Å². The molecule has 1 saturated carbocycles. The van der Waals surface area contributed by atoms with Crippen molar-refractivity contribution in [1.29, 1.82) is 0 Å². The number of aryl methyl sites for hydroxylation is 1. The van der Waals surface area contributed by atoms with Gasteiger partial charge in [-0.3, -0.25) is 9.59 Å². The predicted octanol–water partition coefficient (Wildman–Crippen LogP) is 2.28. The van der Waals surface area contributed by atoms with E-state index in [9.17, 15) is 18.0 Å². The molecule has 1 aliphatic carbocycles. The fourth-order valence-corrected chi connectivity index (χ4v) is 4.78. The molecule has 2 amide bonds. The van der Waals surface area contributed by atoms with Crippen molar-refractivity contribution in [2.75, 3.05) is 18.0 Å². The van der Waals surface area contributed by atoms with Crippen LogP contribution in [0.4, 0.5) is 5.69 Å². The number of benzene rings is 2. The number of sulfonamides is 1. The van der Waals surface area contributed by atoms with E-state index in [1.54, 1.807) is 17.0 Å². The van der Waals surface area contributed by atoms with Gasteiger partial charge in [0.25, 0.3) is 0 Å². The molecule has 1 heterocycles. The molecular weight excluding hydrogens is 414 g/mol. The minimum atomic E-state index is -3.72. The third-order valence-electron chi connectivity index (χ3n) is 5.70. The summed E-state index contributed by atoms with van der Waals surface area (Å²) in [5.74, 6) is 0.0590. The first-order valence-corrected chi connectivity index (χ1v) is 12.1. The van der Waals surface area contributed by atoms with E-state index in [0.717, 1.165) is 35.2 Å². The molecule has 31 heavy (non-hydrogen) atoms. The molecule has 1 fully saturated rings. The van der Waals surface area contributed by atoms with Crippen molar-refractivity contribution in [1.82, 2.24) is 10.0 Å². The lowest BCUT2D eigenvalue weighted by Gasteiger charge is -2.17. The SMILES string of the molecule is Cc1ccc(CNC(=O)CCNS(=O)(=O)c2ccc3c(c2)CCN3C(=O)C2CC2)cc1. The van der Waals surface area contributed by atoms with Gasteiger partial charge in [0.1, 0.15) is 0 Å². The molecule has 2 aromatic rings. The van der Waals surface area contributed by atoms with Gasteiger partial charge in [-0.25, -0.2) is 13.1 Å². The van der Waals surface area contributed by atoms with Crippen LogP contribution in [0.15, 0.2) is 47.4 Å². The Labute approximate surface area is 182 Å². The first kappa shape index (κ1) is 21.5. The molecule has 1 aliphatic heterocycles. The highest BCUT2D eigenvalue weighted by atomic mass is 32.2. The van der Waals surface area contributed by atoms with Gasteiger partial charge in [0.15, 0.2) is 0 Å². The summed E-state index contributed by atoms with van der Waals surface area (Å²) in [6.45, 7) is 3.03. The summed E-state index contributed by atoms with van der Waals surface area (Å²) in [6, 6.07) is 12.7. The molecule has 0 radical (unpaired) electrons. The van der Waals surface area contributed by atoms with E-state index in [4.69, 9.17) is 0 Å². The van der Waals surface area contributed by atoms with Gasteiger partial charge >= 0.3 is 0 Å². The third-order valence-corrected chi connectivity index (χ3v) is 7.16. The molecule has 0 saturated heterocycles. The van der Waals surface area contributed by atoms with Crippen LogP contribution in [0.3, 0.4) is 0 Å². The van der Waals surface area contributed by atoms with Crippen LogP contribution >= 0.6 is 0 Å². The van der Waals surface area contributed by atoms with Gasteiger partial charge < -0.3 is 10.2 Å². The van der Waals surface area contributed by atoms with E-state index in [-0.39, 0.29) is 35.6 Å². The predicted molar refractivity (Wildman–Crippen MR) is 118 cm³/mol. The minimum Gasteiger partial charge on any atom is -0.352 e. The molecule has 7 nitrogen and oxygen atoms in total. The molecule has 2 N–H and O–H groups in total. The summed E-state index contributed by atoms with van der Waals surface area (Å²) < 4.78 is 27.8. The zero-order valence-electron chi connectivity index (χ0n) is 17.6. The van der Waals surface area contributed by atoms with E-state index in [0.29, 0.717) is 19.5 Å². The van der Waals surface area contributed by atoms with Gasteiger partial charge in [-0.05, 0) is 55.5 Å². The zero-order chi connectivity index (χ0) is 22.0. The second kappa shape index (κ2) is 8.80. The van der Waals surface area contributed by atoms with Crippen molar-refractivity contribution >= 4 is 27.5 Å². The van der Waals surface area contributed by atoms with E-state index in [2.05, 4.69) is 10.0 Å². The number of hydrogen-bond donors (Lipinski definition) is 2. The van der Waals surface area contributed by atoms with Gasteiger partial charge in [-0.2, -0.15) is 0 Å². The number of hydrogen-bond acceptors (Lipinski definition) is 4. The highest BCUT2D eigenvalue weighted by molar-refractivity contribution is 7.89. The second-order valence-corrected chi connectivity index (χ2v) is 9.98. The molecule has 0 aromatic heterocycles. The molecule has 4 rings (SSSR count). The van der Waals surface area contributed by atoms with Crippen LogP contribution in [-0.2, 0) is 32.6 Å². The highest BCUT2D eigenvalue weighted by Crippen LogP contribution is 2.37. The molecule has 0 unspecified atom stereocenters. The molecule has 0 atom stereocenters. The summed E-state index contributed by atoms with van der Waals surface area (Å²) >= 11 is 0. The summed E-state index contributed by atoms with van der Waals surface area (Å²) in [5.41, 5.74) is 3.82. The number of fused-ring (bicyclic) bond motifs is 1. The average Bonchev–Trinajstić information content (AvgIpc) is 3.51. The Morgan fingerprint density at radius 2 is 1.84 bits per heavy atom. The van der Waals surface area contributed by atoms with E-state index < -0.39 is 10.0 Å². The molecule has 0 bridgehead atoms. The lowest BCUT2D eigenvalue weighted by molar-refractivity contribution is -0.121. The van der Waals surface area contributed by atoms with Gasteiger partial charge in [0.2, 0.25) is 21.8 Å². The van der Waals surface area contributed by atoms with Crippen molar-refractivity contribution < 1.29 is 18.0 Å². The number of carbonyl (C=O) groups is 2. The summed E-state index contributed by atoms with van der Waals surface area (Å²) in [4.78, 5) is 26.3. The first-order valence-electron chi connectivity index (χ1n) is 10.6. The normalized spacial score (nSPS) is 15.6. The van der Waals surface area contributed by atoms with Crippen LogP contribution in [0.5, 0.6) is 0 Å². The Morgan fingerprint density at radius 1 is 1.10 bits per heavy atom. The van der Waals surface area contributed by atoms with Gasteiger partial charge in [-0.1, -0.05) is 29.8 Å². The van der Waals surface area contributed by atoms with Crippen LogP contribution in [-0.4, -0.2) is 33.3 Å². The Hall–Kier alpha value is -2.71. The van der Waals surface area contributed by atoms with Crippen LogP contribution in [0, 0.1) is 12.8 Å². The fourth-order valence-electron chi connectivity index (χ4n) is 3.70. The number of amides is 2. The quantitative estimate of drug-likeness (QED) is 0.657. The lowest BCUT2D eigenvalue weighted by Crippen LogP contribution is -2.31. The van der Waals surface area contributed by atoms with E-state index in [1.807, 2.05) is 31.2 Å². The number of carbonyl (C=O) groups excluding carboxylic acids is 2. The number of anilines is 1. The van der Waals surface area contributed by atoms with Gasteiger partial charge in [-0.15, -0.1) is 0 Å². The summed E-state index contributed by atoms with van der Waals surface area (Å²) in [5, 5.41) is 2.80. The molecule has 0 spiro atoms. The van der Waals surface area contributed by atoms with Crippen LogP contribution in [0.1, 0.15) is 36.0 Å². The maximum absolute atomic E-state index is 12.6. The average molecular weight is 442 g/mol. The van der Waals surface area contributed by atoms with Crippen molar-refractivity contribution in [3.63, 3.8) is 0 Å². The maximum atomic E-state index is 12.6. The Kier molecular flexibility index (Phi) is 6.11. The number of nitrogens with one attached hydrogen (secondary N) is 2. The fraction of sp³-hybridized carbons (Fsp3) is 0.391. The largest absolute Gasteiger partial charge is 0.352 e. The summed E-state index contributed by atoms with van der Waals surface area (Å²) in [6.07, 6.45) is 2.59. The maximum Gasteiger partial charge on any atom is 0.240 e. The molecule has 2 aromatic carbocycles. The Bertz CT molecular complexity index is 1090. The Balaban J connectivity index is 1.29. The molecule has 164 valence electrons. The van der Waals surface area contributed by atoms with Gasteiger partial charge in [0.05, 0.1) is 4.90 Å². The van der Waals surface area contributed by atoms with E-state index in [1.165, 1.54) is 6.07 Å². The topological polar surface area (TPSA) is 95.6 Å². The van der Waals surface area contributed by atoms with Crippen LogP contribution in [0.25, 0.3) is 0 Å². The molecule has 8 heteroatoms. The lowest BCUT2D eigenvalue weighted by atomic mass is 10.1. The van der Waals surface area contributed by atoms with Crippen molar-refractivity contribution in [2.45, 2.75) is 44.0 Å². The second-order valence-electron chi connectivity index (χ2n) is 8.21. The van der Waals surface area contributed by atoms with Crippen molar-refractivity contribution in [3.05, 3.63) is 59.2 Å². The third kappa shape index (κ3) is 5.14. The van der Waals surface area contributed by atoms with Gasteiger partial charge in [0, 0.05) is 37.7 Å². The monoisotopic (exact) mass is 441 g/mol. The highest BCUT2D eigenvalue weighted by Gasteiger charge is 2.36. The summed E-state index contributed by atoms with van der Waals surface area (Å²) in [7, 11) is -3.72. The minimum absolute atomic E-state index is 0.0193. The van der Waals surface area contributed by atoms with Crippen molar-refractivity contribution in [2.24, 2.45) is 5.92 Å². The van der Waals surface area contributed by atoms with E-state index >= 15 is 0 Å². The number of rotatable bonds is 8. The van der Waals surface area contributed by atoms with Crippen molar-refractivity contribution in [3.8, 4) is 0 Å². The Morgan fingerprint density at radius 3 is 2.55 bits per heavy atom. The molecule has 2 aliphatic rings. The smallest absolute Gasteiger partial charge is 0.240 e.